The number of nitriles is 1. The molecule has 1 heterocycles. The standard InChI is InChI=1S/C12H8ClN3OS/c1-8-2-4-9(5-3-8)16-6-10(13)15-11(12(16)17)18-7-14/h2-6H,1H3. The van der Waals surface area contributed by atoms with Gasteiger partial charge in [0, 0.05) is 17.4 Å². The van der Waals surface area contributed by atoms with Gasteiger partial charge < -0.3 is 0 Å². The molecule has 2 aromatic rings. The van der Waals surface area contributed by atoms with Gasteiger partial charge in [0.25, 0.3) is 5.56 Å². The molecule has 0 aliphatic heterocycles. The summed E-state index contributed by atoms with van der Waals surface area (Å²) < 4.78 is 1.38. The summed E-state index contributed by atoms with van der Waals surface area (Å²) in [5.74, 6) is 0. The molecule has 0 radical (unpaired) electrons. The van der Waals surface area contributed by atoms with Crippen molar-refractivity contribution in [1.29, 1.82) is 5.26 Å². The van der Waals surface area contributed by atoms with E-state index in [1.165, 1.54) is 10.8 Å². The number of aryl methyl sites for hydroxylation is 1. The van der Waals surface area contributed by atoms with Gasteiger partial charge in [0.1, 0.15) is 10.6 Å². The fourth-order valence-corrected chi connectivity index (χ4v) is 2.10. The van der Waals surface area contributed by atoms with Crippen LogP contribution in [0.1, 0.15) is 5.56 Å². The van der Waals surface area contributed by atoms with Gasteiger partial charge in [-0.2, -0.15) is 5.26 Å². The van der Waals surface area contributed by atoms with Gasteiger partial charge in [-0.15, -0.1) is 0 Å². The highest BCUT2D eigenvalue weighted by molar-refractivity contribution is 8.03. The van der Waals surface area contributed by atoms with Crippen LogP contribution in [-0.2, 0) is 0 Å². The minimum atomic E-state index is -0.352. The molecule has 0 amide bonds. The largest absolute Gasteiger partial charge is 0.288 e. The van der Waals surface area contributed by atoms with Gasteiger partial charge in [-0.1, -0.05) is 29.3 Å². The molecule has 2 rings (SSSR count). The van der Waals surface area contributed by atoms with Crippen LogP contribution >= 0.6 is 23.4 Å². The Morgan fingerprint density at radius 3 is 2.67 bits per heavy atom. The molecule has 0 bridgehead atoms. The topological polar surface area (TPSA) is 58.7 Å². The van der Waals surface area contributed by atoms with E-state index >= 15 is 0 Å². The van der Waals surface area contributed by atoms with Gasteiger partial charge in [0.15, 0.2) is 5.03 Å². The number of thioether (sulfide) groups is 1. The molecule has 0 aliphatic rings. The first-order valence-electron chi connectivity index (χ1n) is 5.04. The molecule has 1 aromatic carbocycles. The summed E-state index contributed by atoms with van der Waals surface area (Å²) in [6.45, 7) is 1.96. The lowest BCUT2D eigenvalue weighted by Gasteiger charge is -2.07. The van der Waals surface area contributed by atoms with Crippen LogP contribution in [0, 0.1) is 17.6 Å². The second kappa shape index (κ2) is 5.25. The van der Waals surface area contributed by atoms with Crippen LogP contribution in [0.25, 0.3) is 5.69 Å². The zero-order valence-corrected chi connectivity index (χ0v) is 11.0. The Hall–Kier alpha value is -1.77. The third-order valence-corrected chi connectivity index (χ3v) is 3.03. The van der Waals surface area contributed by atoms with E-state index in [9.17, 15) is 4.79 Å². The highest BCUT2D eigenvalue weighted by Gasteiger charge is 2.09. The van der Waals surface area contributed by atoms with Gasteiger partial charge in [-0.05, 0) is 19.1 Å². The Morgan fingerprint density at radius 1 is 1.39 bits per heavy atom. The predicted molar refractivity (Wildman–Crippen MR) is 71.1 cm³/mol. The van der Waals surface area contributed by atoms with Crippen LogP contribution in [0.2, 0.25) is 5.15 Å². The van der Waals surface area contributed by atoms with E-state index in [4.69, 9.17) is 16.9 Å². The van der Waals surface area contributed by atoms with Crippen molar-refractivity contribution < 1.29 is 0 Å². The van der Waals surface area contributed by atoms with Crippen molar-refractivity contribution in [3.63, 3.8) is 0 Å². The molecule has 0 fully saturated rings. The number of aromatic nitrogens is 2. The molecule has 0 aliphatic carbocycles. The SMILES string of the molecule is Cc1ccc(-n2cc(Cl)nc(SC#N)c2=O)cc1. The molecule has 0 atom stereocenters. The smallest absolute Gasteiger partial charge is 0.279 e. The van der Waals surface area contributed by atoms with Crippen LogP contribution < -0.4 is 5.56 Å². The van der Waals surface area contributed by atoms with Crippen molar-refractivity contribution in [2.24, 2.45) is 0 Å². The minimum Gasteiger partial charge on any atom is -0.279 e. The molecule has 0 spiro atoms. The first-order valence-corrected chi connectivity index (χ1v) is 6.23. The second-order valence-electron chi connectivity index (χ2n) is 3.57. The molecular weight excluding hydrogens is 270 g/mol. The summed E-state index contributed by atoms with van der Waals surface area (Å²) >= 11 is 6.55. The Balaban J connectivity index is 2.61. The monoisotopic (exact) mass is 277 g/mol. The molecular formula is C12H8ClN3OS. The minimum absolute atomic E-state index is 0.0746. The summed E-state index contributed by atoms with van der Waals surface area (Å²) in [5, 5.41) is 10.7. The fraction of sp³-hybridized carbons (Fsp3) is 0.0833. The van der Waals surface area contributed by atoms with Crippen molar-refractivity contribution in [1.82, 2.24) is 9.55 Å². The summed E-state index contributed by atoms with van der Waals surface area (Å²) in [6.07, 6.45) is 1.44. The normalized spacial score (nSPS) is 10.1. The number of nitrogens with zero attached hydrogens (tertiary/aromatic N) is 3. The number of hydrogen-bond acceptors (Lipinski definition) is 4. The lowest BCUT2D eigenvalue weighted by Crippen LogP contribution is -2.20. The van der Waals surface area contributed by atoms with Crippen molar-refractivity contribution in [3.05, 3.63) is 51.5 Å². The van der Waals surface area contributed by atoms with E-state index in [-0.39, 0.29) is 15.7 Å². The maximum absolute atomic E-state index is 12.1. The average Bonchev–Trinajstić information content (AvgIpc) is 2.35. The Bertz CT molecular complexity index is 673. The molecule has 18 heavy (non-hydrogen) atoms. The molecule has 4 nitrogen and oxygen atoms in total. The van der Waals surface area contributed by atoms with Gasteiger partial charge in [-0.25, -0.2) is 4.98 Å². The highest BCUT2D eigenvalue weighted by atomic mass is 35.5. The summed E-state index contributed by atoms with van der Waals surface area (Å²) in [4.78, 5) is 15.9. The molecule has 0 unspecified atom stereocenters. The highest BCUT2D eigenvalue weighted by Crippen LogP contribution is 2.15. The molecule has 1 aromatic heterocycles. The molecule has 0 N–H and O–H groups in total. The predicted octanol–water partition coefficient (Wildman–Crippen LogP) is 2.77. The van der Waals surface area contributed by atoms with Crippen LogP contribution in [0.3, 0.4) is 0 Å². The second-order valence-corrected chi connectivity index (χ2v) is 4.73. The third kappa shape index (κ3) is 2.55. The number of benzene rings is 1. The number of thiocyanates is 1. The van der Waals surface area contributed by atoms with E-state index in [1.54, 1.807) is 0 Å². The van der Waals surface area contributed by atoms with Crippen molar-refractivity contribution in [3.8, 4) is 11.1 Å². The number of hydrogen-bond donors (Lipinski definition) is 0. The number of halogens is 1. The average molecular weight is 278 g/mol. The lowest BCUT2D eigenvalue weighted by atomic mass is 10.2. The lowest BCUT2D eigenvalue weighted by molar-refractivity contribution is 0.884. The third-order valence-electron chi connectivity index (χ3n) is 2.30. The van der Waals surface area contributed by atoms with Gasteiger partial charge in [-0.3, -0.25) is 9.36 Å². The van der Waals surface area contributed by atoms with Crippen molar-refractivity contribution in [2.75, 3.05) is 0 Å². The van der Waals surface area contributed by atoms with E-state index in [0.717, 1.165) is 5.56 Å². The number of rotatable bonds is 2. The fourth-order valence-electron chi connectivity index (χ4n) is 1.45. The quantitative estimate of drug-likeness (QED) is 0.626. The molecule has 0 saturated carbocycles. The Kier molecular flexibility index (Phi) is 3.70. The van der Waals surface area contributed by atoms with E-state index in [2.05, 4.69) is 4.98 Å². The van der Waals surface area contributed by atoms with E-state index in [0.29, 0.717) is 17.4 Å². The van der Waals surface area contributed by atoms with Gasteiger partial charge in [0.2, 0.25) is 0 Å². The van der Waals surface area contributed by atoms with Crippen LogP contribution in [0.15, 0.2) is 40.3 Å². The van der Waals surface area contributed by atoms with Crippen LogP contribution in [0.4, 0.5) is 0 Å². The van der Waals surface area contributed by atoms with E-state index < -0.39 is 0 Å². The Morgan fingerprint density at radius 2 is 2.06 bits per heavy atom. The van der Waals surface area contributed by atoms with Crippen molar-refractivity contribution in [2.45, 2.75) is 11.9 Å². The van der Waals surface area contributed by atoms with Gasteiger partial charge >= 0.3 is 0 Å². The molecule has 0 saturated heterocycles. The zero-order chi connectivity index (χ0) is 13.1. The Labute approximate surface area is 113 Å². The van der Waals surface area contributed by atoms with Crippen LogP contribution in [0.5, 0.6) is 0 Å². The summed E-state index contributed by atoms with van der Waals surface area (Å²) in [6, 6.07) is 7.42. The first-order chi connectivity index (χ1) is 8.61. The first kappa shape index (κ1) is 12.7. The molecule has 90 valence electrons. The van der Waals surface area contributed by atoms with Crippen molar-refractivity contribution >= 4 is 23.4 Å². The molecule has 6 heteroatoms. The summed E-state index contributed by atoms with van der Waals surface area (Å²) in [5.41, 5.74) is 1.43. The zero-order valence-electron chi connectivity index (χ0n) is 9.42. The maximum Gasteiger partial charge on any atom is 0.288 e. The maximum atomic E-state index is 12.1. The van der Waals surface area contributed by atoms with E-state index in [1.807, 2.05) is 36.6 Å². The summed E-state index contributed by atoms with van der Waals surface area (Å²) in [7, 11) is 0. The van der Waals surface area contributed by atoms with Gasteiger partial charge in [0.05, 0.1) is 6.20 Å². The van der Waals surface area contributed by atoms with Crippen LogP contribution in [-0.4, -0.2) is 9.55 Å².